The average molecular weight is 1350 g/mol. The number of fused-ring (bicyclic) bond motifs is 1. The maximum atomic E-state index is 14.0. The number of anilines is 2. The van der Waals surface area contributed by atoms with E-state index in [-0.39, 0.29) is 100 Å². The molecule has 2 aromatic heterocycles. The summed E-state index contributed by atoms with van der Waals surface area (Å²) in [6.45, 7) is 21.3. The number of nitrogens with zero attached hydrogens (tertiary/aromatic N) is 5. The quantitative estimate of drug-likeness (QED) is 0.0133. The number of imidazole rings is 1. The van der Waals surface area contributed by atoms with E-state index in [0.717, 1.165) is 18.4 Å². The Morgan fingerprint density at radius 1 is 0.750 bits per heavy atom. The third kappa shape index (κ3) is 26.1. The molecule has 2 atom stereocenters. The summed E-state index contributed by atoms with van der Waals surface area (Å²) >= 11 is 0. The Morgan fingerprint density at radius 3 is 2.04 bits per heavy atom. The van der Waals surface area contributed by atoms with Crippen LogP contribution in [0.4, 0.5) is 25.9 Å². The predicted molar refractivity (Wildman–Crippen MR) is 351 cm³/mol. The van der Waals surface area contributed by atoms with E-state index < -0.39 is 76.5 Å². The van der Waals surface area contributed by atoms with Gasteiger partial charge in [0.05, 0.1) is 98.4 Å². The van der Waals surface area contributed by atoms with Crippen LogP contribution in [-0.2, 0) is 81.5 Å². The summed E-state index contributed by atoms with van der Waals surface area (Å²) in [4.78, 5) is 125. The van der Waals surface area contributed by atoms with Gasteiger partial charge in [-0.2, -0.15) is 15.4 Å². The summed E-state index contributed by atoms with van der Waals surface area (Å²) in [5.41, 5.74) is 9.09. The lowest BCUT2D eigenvalue weighted by molar-refractivity contribution is -0.181. The zero-order valence-corrected chi connectivity index (χ0v) is 57.0. The summed E-state index contributed by atoms with van der Waals surface area (Å²) in [7, 11) is 1.29. The second kappa shape index (κ2) is 37.9. The fourth-order valence-corrected chi connectivity index (χ4v) is 10.1. The number of likely N-dealkylation sites (tertiary alicyclic amines) is 1. The van der Waals surface area contributed by atoms with Gasteiger partial charge in [-0.3, -0.25) is 28.7 Å². The normalized spacial score (nSPS) is 14.5. The molecule has 6 amide bonds. The van der Waals surface area contributed by atoms with Gasteiger partial charge >= 0.3 is 35.9 Å². The van der Waals surface area contributed by atoms with Gasteiger partial charge in [-0.05, 0) is 108 Å². The first-order chi connectivity index (χ1) is 45.7. The fraction of sp³-hybridized carbons (Fsp3) is 0.631. The first kappa shape index (κ1) is 76.8. The smallest absolute Gasteiger partial charge is 0.431 e. The SMILES string of the molecule is CCCCOc1nc(N)c2[nH]c(=O)n(Cc3ccc(CN4CC5(C4)CN(C(=O)OCc4ccc(NC(=O)[C@H](CCCCNC(=O)OC(C)(C)C)NC(=O)[C@@H](NC(=O)CCOCCOCCOCCOCCONC(=O)OC(C)(C)C)C(C)C)cc4)CCO5)cc3C(=O)OC)c2n1. The molecule has 31 heteroatoms. The van der Waals surface area contributed by atoms with Crippen molar-refractivity contribution < 1.29 is 85.8 Å². The Labute approximate surface area is 559 Å². The lowest BCUT2D eigenvalue weighted by Gasteiger charge is -2.53. The molecule has 2 aliphatic rings. The maximum Gasteiger partial charge on any atom is 0.431 e. The number of hydrogen-bond acceptors (Lipinski definition) is 23. The van der Waals surface area contributed by atoms with Crippen LogP contribution < -0.4 is 42.9 Å². The van der Waals surface area contributed by atoms with Gasteiger partial charge in [0, 0.05) is 44.8 Å². The Hall–Kier alpha value is -8.20. The van der Waals surface area contributed by atoms with Crippen LogP contribution in [0, 0.1) is 5.92 Å². The zero-order chi connectivity index (χ0) is 69.8. The summed E-state index contributed by atoms with van der Waals surface area (Å²) in [6, 6.07) is 10.2. The number of alkyl carbamates (subject to hydrolysis) is 1. The van der Waals surface area contributed by atoms with E-state index in [2.05, 4.69) is 46.6 Å². The molecule has 2 aliphatic heterocycles. The zero-order valence-electron chi connectivity index (χ0n) is 57.0. The Balaban J connectivity index is 0.928. The molecule has 96 heavy (non-hydrogen) atoms. The van der Waals surface area contributed by atoms with Gasteiger partial charge in [0.1, 0.15) is 41.0 Å². The van der Waals surface area contributed by atoms with Crippen molar-refractivity contribution in [2.45, 2.75) is 149 Å². The van der Waals surface area contributed by atoms with Crippen LogP contribution in [0.1, 0.15) is 128 Å². The van der Waals surface area contributed by atoms with E-state index in [0.29, 0.717) is 102 Å². The molecule has 0 unspecified atom stereocenters. The number of aromatic amines is 1. The first-order valence-corrected chi connectivity index (χ1v) is 32.5. The van der Waals surface area contributed by atoms with E-state index in [1.165, 1.54) is 11.7 Å². The fourth-order valence-electron chi connectivity index (χ4n) is 10.1. The van der Waals surface area contributed by atoms with Crippen molar-refractivity contribution in [1.82, 2.24) is 50.7 Å². The van der Waals surface area contributed by atoms with Crippen molar-refractivity contribution in [3.63, 3.8) is 0 Å². The van der Waals surface area contributed by atoms with Gasteiger partial charge in [0.2, 0.25) is 17.7 Å². The molecule has 0 radical (unpaired) electrons. The Kier molecular flexibility index (Phi) is 30.3. The summed E-state index contributed by atoms with van der Waals surface area (Å²) < 4.78 is 56.6. The molecule has 1 spiro atoms. The van der Waals surface area contributed by atoms with Crippen LogP contribution in [0.3, 0.4) is 0 Å². The number of morpholine rings is 1. The van der Waals surface area contributed by atoms with E-state index >= 15 is 0 Å². The van der Waals surface area contributed by atoms with Gasteiger partial charge in [-0.25, -0.2) is 24.0 Å². The third-order valence-corrected chi connectivity index (χ3v) is 14.7. The first-order valence-electron chi connectivity index (χ1n) is 32.5. The molecule has 6 rings (SSSR count). The molecular formula is C65H98N12O19. The molecule has 2 aromatic carbocycles. The van der Waals surface area contributed by atoms with Crippen molar-refractivity contribution in [1.29, 1.82) is 0 Å². The molecule has 0 saturated carbocycles. The Morgan fingerprint density at radius 2 is 1.40 bits per heavy atom. The van der Waals surface area contributed by atoms with Crippen molar-refractivity contribution in [2.75, 3.05) is 124 Å². The number of hydrogen-bond donors (Lipinski definition) is 7. The number of nitrogens with two attached hydrogens (primary N) is 1. The number of rotatable bonds is 38. The van der Waals surface area contributed by atoms with Crippen molar-refractivity contribution >= 4 is 64.6 Å². The molecule has 31 nitrogen and oxygen atoms in total. The monoisotopic (exact) mass is 1350 g/mol. The number of amides is 6. The topological polar surface area (TPSA) is 377 Å². The molecule has 2 fully saturated rings. The minimum absolute atomic E-state index is 0.0159. The number of aromatic nitrogens is 4. The molecule has 2 saturated heterocycles. The second-order valence-electron chi connectivity index (χ2n) is 25.6. The van der Waals surface area contributed by atoms with Crippen molar-refractivity contribution in [2.24, 2.45) is 5.92 Å². The lowest BCUT2D eigenvalue weighted by atomic mass is 9.91. The molecule has 0 aliphatic carbocycles. The number of methoxy groups -OCH3 is 1. The number of hydroxylamine groups is 1. The number of nitrogens with one attached hydrogen (secondary N) is 6. The summed E-state index contributed by atoms with van der Waals surface area (Å²) in [5, 5.41) is 11.2. The van der Waals surface area contributed by atoms with Gasteiger partial charge in [0.15, 0.2) is 11.5 Å². The maximum absolute atomic E-state index is 14.0. The summed E-state index contributed by atoms with van der Waals surface area (Å²) in [6.07, 6.45) is 0.968. The van der Waals surface area contributed by atoms with E-state index in [9.17, 15) is 38.4 Å². The van der Waals surface area contributed by atoms with E-state index in [1.54, 1.807) is 96.7 Å². The number of benzene rings is 2. The van der Waals surface area contributed by atoms with Crippen molar-refractivity contribution in [3.8, 4) is 6.01 Å². The van der Waals surface area contributed by atoms with Gasteiger partial charge in [0.25, 0.3) is 0 Å². The van der Waals surface area contributed by atoms with Gasteiger partial charge < -0.3 is 84.3 Å². The van der Waals surface area contributed by atoms with Crippen molar-refractivity contribution in [3.05, 3.63) is 75.2 Å². The summed E-state index contributed by atoms with van der Waals surface area (Å²) in [5.74, 6) is -2.36. The number of carbonyl (C=O) groups excluding carboxylic acids is 7. The number of nitrogen functional groups attached to an aromatic ring is 1. The van der Waals surface area contributed by atoms with E-state index in [4.69, 9.17) is 57.9 Å². The number of esters is 1. The number of H-pyrrole nitrogens is 1. The highest BCUT2D eigenvalue weighted by Gasteiger charge is 2.48. The molecule has 8 N–H and O–H groups in total. The molecule has 532 valence electrons. The van der Waals surface area contributed by atoms with Crippen LogP contribution in [-0.4, -0.2) is 213 Å². The lowest BCUT2D eigenvalue weighted by Crippen LogP contribution is -2.70. The van der Waals surface area contributed by atoms with E-state index in [1.807, 2.05) is 13.0 Å². The highest BCUT2D eigenvalue weighted by molar-refractivity contribution is 5.98. The van der Waals surface area contributed by atoms with Gasteiger partial charge in [-0.15, -0.1) is 0 Å². The van der Waals surface area contributed by atoms with Crippen LogP contribution >= 0.6 is 0 Å². The predicted octanol–water partition coefficient (Wildman–Crippen LogP) is 5.11. The molecule has 4 heterocycles. The largest absolute Gasteiger partial charge is 0.465 e. The van der Waals surface area contributed by atoms with Crippen LogP contribution in [0.5, 0.6) is 6.01 Å². The number of unbranched alkanes of at least 4 members (excludes halogenated alkanes) is 2. The highest BCUT2D eigenvalue weighted by atomic mass is 16.7. The highest BCUT2D eigenvalue weighted by Crippen LogP contribution is 2.32. The Bertz CT molecular complexity index is 3230. The second-order valence-corrected chi connectivity index (χ2v) is 25.6. The van der Waals surface area contributed by atoms with Crippen LogP contribution in [0.25, 0.3) is 11.2 Å². The minimum atomic E-state index is -1.04. The van der Waals surface area contributed by atoms with Crippen LogP contribution in [0.15, 0.2) is 47.3 Å². The van der Waals surface area contributed by atoms with Gasteiger partial charge in [-0.1, -0.05) is 51.5 Å². The van der Waals surface area contributed by atoms with Crippen LogP contribution in [0.2, 0.25) is 0 Å². The third-order valence-electron chi connectivity index (χ3n) is 14.7. The molecule has 0 bridgehead atoms. The molecular weight excluding hydrogens is 1250 g/mol. The number of ether oxygens (including phenoxy) is 10. The minimum Gasteiger partial charge on any atom is -0.465 e. The standard InChI is InChI=1S/C65H98N12O19/c1-11-12-25-91-58-72-53(66)52-54(73-58)77(59(82)71-52)38-46-19-16-45(36-48(46)57(81)86-10)37-75-40-65(41-75)42-76(24-27-93-65)62(85)92-39-44-17-20-47(21-18-44)68-55(79)49(15-13-14-23-67-60(83)95-63(4,5)6)69-56(80)51(43(2)3)70-50(78)22-26-87-28-29-88-30-31-89-32-33-90-34-35-94-74-61(84)96-64(7,8)9/h16-21,36,43,49,51H,11-15,22-35,37-42H2,1-10H3,(H,67,83)(H,68,79)(H,69,80)(H,70,78)(H,71,82)(H,74,84)(H2,66,72,73)/t49-,51-/m0/s1. The number of carbonyl (C=O) groups is 7. The molecule has 4 aromatic rings. The average Bonchev–Trinajstić information content (AvgIpc) is 0.783.